The van der Waals surface area contributed by atoms with Gasteiger partial charge in [-0.05, 0) is 31.0 Å². The Balaban J connectivity index is 2.62. The lowest BCUT2D eigenvalue weighted by Gasteiger charge is -2.13. The molecule has 0 spiro atoms. The average Bonchev–Trinajstić information content (AvgIpc) is 2.37. The molecule has 0 aromatic heterocycles. The molecule has 1 amide bonds. The number of hydrogen-bond acceptors (Lipinski definition) is 3. The Kier molecular flexibility index (Phi) is 6.36. The fourth-order valence-corrected chi connectivity index (χ4v) is 1.59. The van der Waals surface area contributed by atoms with Crippen molar-refractivity contribution in [3.8, 4) is 5.75 Å². The van der Waals surface area contributed by atoms with Gasteiger partial charge in [0.15, 0.2) is 0 Å². The lowest BCUT2D eigenvalue weighted by Crippen LogP contribution is -2.35. The number of nitrogens with one attached hydrogen (secondary N) is 1. The zero-order chi connectivity index (χ0) is 14.3. The van der Waals surface area contributed by atoms with Crippen LogP contribution in [0.1, 0.15) is 31.1 Å². The predicted octanol–water partition coefficient (Wildman–Crippen LogP) is 2.49. The fourth-order valence-electron chi connectivity index (χ4n) is 1.59. The molecule has 1 aromatic rings. The molecule has 0 heterocycles. The van der Waals surface area contributed by atoms with E-state index in [0.29, 0.717) is 24.7 Å². The number of carbonyl (C=O) groups is 1. The normalized spacial score (nSPS) is 12.3. The Morgan fingerprint density at radius 3 is 2.63 bits per heavy atom. The Morgan fingerprint density at radius 2 is 2.00 bits per heavy atom. The van der Waals surface area contributed by atoms with Crippen LogP contribution in [0, 0.1) is 5.92 Å². The molecule has 1 N–H and O–H groups in total. The molecule has 0 bridgehead atoms. The monoisotopic (exact) mass is 265 g/mol. The molecule has 106 valence electrons. The highest BCUT2D eigenvalue weighted by atomic mass is 16.5. The number of ether oxygens (including phenoxy) is 2. The summed E-state index contributed by atoms with van der Waals surface area (Å²) in [7, 11) is 1.61. The lowest BCUT2D eigenvalue weighted by molar-refractivity contribution is 0.0905. The summed E-state index contributed by atoms with van der Waals surface area (Å²) in [6, 6.07) is 7.20. The third-order valence-electron chi connectivity index (χ3n) is 2.47. The van der Waals surface area contributed by atoms with Gasteiger partial charge in [-0.2, -0.15) is 0 Å². The van der Waals surface area contributed by atoms with Gasteiger partial charge in [0.2, 0.25) is 0 Å². The van der Waals surface area contributed by atoms with Crippen LogP contribution < -0.4 is 10.1 Å². The summed E-state index contributed by atoms with van der Waals surface area (Å²) in [5, 5.41) is 2.87. The SMILES string of the molecule is COCC(C)NC(=O)c1cccc(OCC(C)C)c1. The quantitative estimate of drug-likeness (QED) is 0.824. The van der Waals surface area contributed by atoms with Gasteiger partial charge in [0.25, 0.3) is 5.91 Å². The minimum atomic E-state index is -0.112. The van der Waals surface area contributed by atoms with Gasteiger partial charge in [-0.25, -0.2) is 0 Å². The van der Waals surface area contributed by atoms with Crippen LogP contribution in [0.4, 0.5) is 0 Å². The molecule has 1 aromatic carbocycles. The molecule has 19 heavy (non-hydrogen) atoms. The Bertz CT molecular complexity index is 404. The maximum absolute atomic E-state index is 12.0. The third-order valence-corrected chi connectivity index (χ3v) is 2.47. The minimum Gasteiger partial charge on any atom is -0.493 e. The van der Waals surface area contributed by atoms with Crippen LogP contribution in [-0.4, -0.2) is 32.3 Å². The zero-order valence-corrected chi connectivity index (χ0v) is 12.1. The summed E-state index contributed by atoms with van der Waals surface area (Å²) in [6.45, 7) is 7.22. The van der Waals surface area contributed by atoms with E-state index >= 15 is 0 Å². The van der Waals surface area contributed by atoms with E-state index in [1.807, 2.05) is 19.1 Å². The van der Waals surface area contributed by atoms with E-state index in [1.165, 1.54) is 0 Å². The second kappa shape index (κ2) is 7.79. The number of amides is 1. The molecule has 0 saturated heterocycles. The van der Waals surface area contributed by atoms with Crippen molar-refractivity contribution in [3.05, 3.63) is 29.8 Å². The first kappa shape index (κ1) is 15.5. The minimum absolute atomic E-state index is 0.0160. The maximum Gasteiger partial charge on any atom is 0.251 e. The van der Waals surface area contributed by atoms with E-state index in [1.54, 1.807) is 19.2 Å². The van der Waals surface area contributed by atoms with Crippen molar-refractivity contribution in [2.75, 3.05) is 20.3 Å². The second-order valence-electron chi connectivity index (χ2n) is 5.06. The highest BCUT2D eigenvalue weighted by Crippen LogP contribution is 2.14. The Labute approximate surface area is 115 Å². The number of carbonyl (C=O) groups excluding carboxylic acids is 1. The lowest BCUT2D eigenvalue weighted by atomic mass is 10.2. The molecule has 0 aliphatic heterocycles. The van der Waals surface area contributed by atoms with E-state index in [2.05, 4.69) is 19.2 Å². The van der Waals surface area contributed by atoms with Gasteiger partial charge in [0.1, 0.15) is 5.75 Å². The standard InChI is InChI=1S/C15H23NO3/c1-11(2)9-19-14-7-5-6-13(8-14)15(17)16-12(3)10-18-4/h5-8,11-12H,9-10H2,1-4H3,(H,16,17). The maximum atomic E-state index is 12.0. The number of rotatable bonds is 7. The van der Waals surface area contributed by atoms with Crippen molar-refractivity contribution in [2.24, 2.45) is 5.92 Å². The first-order valence-corrected chi connectivity index (χ1v) is 6.55. The van der Waals surface area contributed by atoms with Crippen molar-refractivity contribution in [2.45, 2.75) is 26.8 Å². The number of hydrogen-bond donors (Lipinski definition) is 1. The molecule has 0 saturated carbocycles. The van der Waals surface area contributed by atoms with E-state index in [0.717, 1.165) is 5.75 Å². The van der Waals surface area contributed by atoms with Crippen molar-refractivity contribution in [1.82, 2.24) is 5.32 Å². The number of methoxy groups -OCH3 is 1. The van der Waals surface area contributed by atoms with Crippen LogP contribution in [-0.2, 0) is 4.74 Å². The van der Waals surface area contributed by atoms with Gasteiger partial charge in [-0.3, -0.25) is 4.79 Å². The van der Waals surface area contributed by atoms with E-state index < -0.39 is 0 Å². The molecule has 0 fully saturated rings. The summed E-state index contributed by atoms with van der Waals surface area (Å²) in [6.07, 6.45) is 0. The molecule has 4 heteroatoms. The van der Waals surface area contributed by atoms with Gasteiger partial charge in [0.05, 0.1) is 13.2 Å². The largest absolute Gasteiger partial charge is 0.493 e. The van der Waals surface area contributed by atoms with Gasteiger partial charge in [-0.1, -0.05) is 19.9 Å². The van der Waals surface area contributed by atoms with Crippen LogP contribution in [0.5, 0.6) is 5.75 Å². The molecule has 0 radical (unpaired) electrons. The molecule has 1 rings (SSSR count). The summed E-state index contributed by atoms with van der Waals surface area (Å²) < 4.78 is 10.6. The molecule has 1 atom stereocenters. The smallest absolute Gasteiger partial charge is 0.251 e. The van der Waals surface area contributed by atoms with E-state index in [-0.39, 0.29) is 11.9 Å². The summed E-state index contributed by atoms with van der Waals surface area (Å²) in [5.41, 5.74) is 0.601. The molecule has 4 nitrogen and oxygen atoms in total. The van der Waals surface area contributed by atoms with Crippen LogP contribution in [0.15, 0.2) is 24.3 Å². The van der Waals surface area contributed by atoms with Gasteiger partial charge >= 0.3 is 0 Å². The van der Waals surface area contributed by atoms with Crippen LogP contribution in [0.2, 0.25) is 0 Å². The zero-order valence-electron chi connectivity index (χ0n) is 12.1. The highest BCUT2D eigenvalue weighted by Gasteiger charge is 2.10. The van der Waals surface area contributed by atoms with Crippen molar-refractivity contribution in [1.29, 1.82) is 0 Å². The molecular weight excluding hydrogens is 242 g/mol. The third kappa shape index (κ3) is 5.75. The number of benzene rings is 1. The fraction of sp³-hybridized carbons (Fsp3) is 0.533. The molecule has 1 unspecified atom stereocenters. The molecule has 0 aliphatic carbocycles. The molecule has 0 aliphatic rings. The van der Waals surface area contributed by atoms with Crippen LogP contribution >= 0.6 is 0 Å². The Morgan fingerprint density at radius 1 is 1.26 bits per heavy atom. The molecular formula is C15H23NO3. The van der Waals surface area contributed by atoms with Crippen molar-refractivity contribution in [3.63, 3.8) is 0 Å². The summed E-state index contributed by atoms with van der Waals surface area (Å²) >= 11 is 0. The van der Waals surface area contributed by atoms with Crippen molar-refractivity contribution >= 4 is 5.91 Å². The summed E-state index contributed by atoms with van der Waals surface area (Å²) in [4.78, 5) is 12.0. The highest BCUT2D eigenvalue weighted by molar-refractivity contribution is 5.94. The van der Waals surface area contributed by atoms with Gasteiger partial charge in [-0.15, -0.1) is 0 Å². The average molecular weight is 265 g/mol. The second-order valence-corrected chi connectivity index (χ2v) is 5.06. The topological polar surface area (TPSA) is 47.6 Å². The first-order chi connectivity index (χ1) is 9.02. The van der Waals surface area contributed by atoms with Gasteiger partial charge < -0.3 is 14.8 Å². The van der Waals surface area contributed by atoms with Crippen LogP contribution in [0.25, 0.3) is 0 Å². The van der Waals surface area contributed by atoms with Gasteiger partial charge in [0, 0.05) is 18.7 Å². The van der Waals surface area contributed by atoms with E-state index in [9.17, 15) is 4.79 Å². The predicted molar refractivity (Wildman–Crippen MR) is 75.6 cm³/mol. The van der Waals surface area contributed by atoms with E-state index in [4.69, 9.17) is 9.47 Å². The summed E-state index contributed by atoms with van der Waals surface area (Å²) in [5.74, 6) is 1.07. The first-order valence-electron chi connectivity index (χ1n) is 6.55. The van der Waals surface area contributed by atoms with Crippen molar-refractivity contribution < 1.29 is 14.3 Å². The Hall–Kier alpha value is -1.55. The van der Waals surface area contributed by atoms with Crippen LogP contribution in [0.3, 0.4) is 0 Å².